The second-order valence-electron chi connectivity index (χ2n) is 15.7. The van der Waals surface area contributed by atoms with E-state index in [2.05, 4.69) is 13.8 Å². The molecular formula is C45H82O5P+. The van der Waals surface area contributed by atoms with Crippen molar-refractivity contribution in [1.29, 1.82) is 0 Å². The maximum Gasteiger partial charge on any atom is 0.695 e. The van der Waals surface area contributed by atoms with Gasteiger partial charge >= 0.3 is 8.25 Å². The summed E-state index contributed by atoms with van der Waals surface area (Å²) in [6.07, 6.45) is 42.8. The van der Waals surface area contributed by atoms with Crippen LogP contribution < -0.4 is 0 Å². The number of carbonyl (C=O) groups is 1. The summed E-state index contributed by atoms with van der Waals surface area (Å²) < 4.78 is 18.1. The second kappa shape index (κ2) is 33.3. The first-order chi connectivity index (χ1) is 24.9. The Morgan fingerprint density at radius 1 is 0.549 bits per heavy atom. The lowest BCUT2D eigenvalue weighted by atomic mass is 9.82. The first-order valence-corrected chi connectivity index (χ1v) is 23.2. The molecule has 1 atom stereocenters. The third-order valence-corrected chi connectivity index (χ3v) is 11.5. The largest absolute Gasteiger partial charge is 0.695 e. The Bertz CT molecular complexity index is 943. The van der Waals surface area contributed by atoms with Gasteiger partial charge in [-0.05, 0) is 37.5 Å². The molecule has 0 spiro atoms. The fraction of sp³-hybridized carbons (Fsp3) is 0.844. The minimum Gasteiger partial charge on any atom is -0.507 e. The highest BCUT2D eigenvalue weighted by atomic mass is 31.1. The first-order valence-electron chi connectivity index (χ1n) is 22.1. The minimum atomic E-state index is -2.83. The van der Waals surface area contributed by atoms with Crippen molar-refractivity contribution in [2.24, 2.45) is 0 Å². The molecule has 0 amide bonds. The molecule has 0 aliphatic rings. The van der Waals surface area contributed by atoms with Crippen LogP contribution in [-0.4, -0.2) is 15.8 Å². The molecule has 1 aromatic carbocycles. The Morgan fingerprint density at radius 3 is 1.12 bits per heavy atom. The summed E-state index contributed by atoms with van der Waals surface area (Å²) in [5, 5.41) is 10.3. The number of unbranched alkanes of at least 4 members (excludes halogenated alkanes) is 30. The van der Waals surface area contributed by atoms with E-state index in [1.165, 1.54) is 180 Å². The molecule has 0 aliphatic carbocycles. The average Bonchev–Trinajstić information content (AvgIpc) is 3.11. The fourth-order valence-corrected chi connectivity index (χ4v) is 8.31. The minimum absolute atomic E-state index is 0.0571. The molecule has 0 saturated heterocycles. The molecule has 1 unspecified atom stereocenters. The number of carbonyl (C=O) groups excluding carboxylic acids is 1. The molecule has 0 saturated carbocycles. The van der Waals surface area contributed by atoms with Crippen molar-refractivity contribution in [2.45, 2.75) is 245 Å². The predicted molar refractivity (Wildman–Crippen MR) is 219 cm³/mol. The molecule has 296 valence electrons. The van der Waals surface area contributed by atoms with E-state index in [1.54, 1.807) is 12.1 Å². The molecule has 0 heterocycles. The molecule has 1 rings (SSSR count). The van der Waals surface area contributed by atoms with Crippen LogP contribution in [0, 0.1) is 0 Å². The summed E-state index contributed by atoms with van der Waals surface area (Å²) in [6, 6.07) is 5.00. The second-order valence-corrected chi connectivity index (χ2v) is 16.4. The van der Waals surface area contributed by atoms with Gasteiger partial charge in [0.15, 0.2) is 11.4 Å². The molecular weight excluding hydrogens is 651 g/mol. The molecule has 0 aliphatic heterocycles. The standard InChI is InChI=1S/C45H81O5P/c1-4-6-8-10-12-14-16-18-20-22-24-26-28-30-32-34-38-45(50-51(48)49,42-36-37-44(47)43(40-42)41(3)46)39-35-33-31-29-27-25-23-21-19-17-15-13-11-9-7-5-2/h36-37,40H,4-35,38-39H2,1-3H3,(H-,46,47,48,49)/p+1. The van der Waals surface area contributed by atoms with Crippen LogP contribution in [0.25, 0.3) is 0 Å². The lowest BCUT2D eigenvalue weighted by Crippen LogP contribution is -2.28. The monoisotopic (exact) mass is 734 g/mol. The summed E-state index contributed by atoms with van der Waals surface area (Å²) >= 11 is 0. The van der Waals surface area contributed by atoms with Crippen LogP contribution in [0.4, 0.5) is 0 Å². The highest BCUT2D eigenvalue weighted by molar-refractivity contribution is 7.32. The lowest BCUT2D eigenvalue weighted by Gasteiger charge is -2.29. The van der Waals surface area contributed by atoms with Crippen LogP contribution >= 0.6 is 8.25 Å². The highest BCUT2D eigenvalue weighted by Gasteiger charge is 2.41. The van der Waals surface area contributed by atoms with E-state index in [9.17, 15) is 19.4 Å². The number of benzene rings is 1. The van der Waals surface area contributed by atoms with Gasteiger partial charge in [-0.1, -0.05) is 225 Å². The number of Topliss-reactive ketones (excluding diaryl/α,β-unsaturated/α-hetero) is 1. The topological polar surface area (TPSA) is 83.8 Å². The van der Waals surface area contributed by atoms with Gasteiger partial charge in [0.05, 0.1) is 5.56 Å². The van der Waals surface area contributed by atoms with Gasteiger partial charge in [0.2, 0.25) is 0 Å². The van der Waals surface area contributed by atoms with Gasteiger partial charge < -0.3 is 5.11 Å². The van der Waals surface area contributed by atoms with Crippen LogP contribution in [0.15, 0.2) is 18.2 Å². The van der Waals surface area contributed by atoms with Gasteiger partial charge in [0.25, 0.3) is 0 Å². The molecule has 0 aromatic heterocycles. The van der Waals surface area contributed by atoms with E-state index in [4.69, 9.17) is 4.52 Å². The van der Waals surface area contributed by atoms with Gasteiger partial charge in [0.1, 0.15) is 5.75 Å². The van der Waals surface area contributed by atoms with Gasteiger partial charge in [-0.25, -0.2) is 0 Å². The molecule has 51 heavy (non-hydrogen) atoms. The Labute approximate surface area is 316 Å². The zero-order valence-electron chi connectivity index (χ0n) is 33.8. The summed E-state index contributed by atoms with van der Waals surface area (Å²) in [6.45, 7) is 6.00. The number of rotatable bonds is 38. The Kier molecular flexibility index (Phi) is 31.2. The van der Waals surface area contributed by atoms with Crippen molar-refractivity contribution >= 4 is 14.0 Å². The summed E-state index contributed by atoms with van der Waals surface area (Å²) in [4.78, 5) is 22.3. The number of ketones is 1. The summed E-state index contributed by atoms with van der Waals surface area (Å²) in [7, 11) is -2.83. The SMILES string of the molecule is CCCCCCCCCCCCCCCCCCC(CCCCCCCCCCCCCCCCCC)(O[P+](=O)O)c1ccc(O)c(C(C)=O)c1. The summed E-state index contributed by atoms with van der Waals surface area (Å²) in [5.74, 6) is -0.278. The molecule has 0 fully saturated rings. The number of hydrogen-bond donors (Lipinski definition) is 2. The lowest BCUT2D eigenvalue weighted by molar-refractivity contribution is 0.0379. The quantitative estimate of drug-likeness (QED) is 0.0402. The van der Waals surface area contributed by atoms with E-state index in [0.717, 1.165) is 44.1 Å². The molecule has 6 heteroatoms. The van der Waals surface area contributed by atoms with Crippen LogP contribution in [-0.2, 0) is 14.7 Å². The van der Waals surface area contributed by atoms with Gasteiger partial charge in [0, 0.05) is 4.57 Å². The van der Waals surface area contributed by atoms with Crippen molar-refractivity contribution in [3.8, 4) is 5.75 Å². The predicted octanol–water partition coefficient (Wildman–Crippen LogP) is 15.8. The maximum absolute atomic E-state index is 12.3. The van der Waals surface area contributed by atoms with Crippen molar-refractivity contribution in [3.63, 3.8) is 0 Å². The van der Waals surface area contributed by atoms with Crippen LogP contribution in [0.2, 0.25) is 0 Å². The number of hydrogen-bond acceptors (Lipinski definition) is 4. The Balaban J connectivity index is 2.45. The number of phenols is 1. The van der Waals surface area contributed by atoms with Crippen molar-refractivity contribution in [2.75, 3.05) is 0 Å². The molecule has 5 nitrogen and oxygen atoms in total. The van der Waals surface area contributed by atoms with Crippen molar-refractivity contribution in [3.05, 3.63) is 29.3 Å². The zero-order valence-corrected chi connectivity index (χ0v) is 34.7. The van der Waals surface area contributed by atoms with Gasteiger partial charge in [-0.2, -0.15) is 0 Å². The molecule has 1 aromatic rings. The molecule has 0 bridgehead atoms. The third kappa shape index (κ3) is 25.4. The third-order valence-electron chi connectivity index (χ3n) is 11.0. The normalized spacial score (nSPS) is 12.1. The van der Waals surface area contributed by atoms with Crippen molar-refractivity contribution in [1.82, 2.24) is 0 Å². The Hall–Kier alpha value is -1.29. The molecule has 0 radical (unpaired) electrons. The van der Waals surface area contributed by atoms with E-state index in [1.807, 2.05) is 0 Å². The smallest absolute Gasteiger partial charge is 0.507 e. The van der Waals surface area contributed by atoms with Crippen LogP contribution in [0.3, 0.4) is 0 Å². The number of phenolic OH excluding ortho intramolecular Hbond substituents is 1. The van der Waals surface area contributed by atoms with Crippen molar-refractivity contribution < 1.29 is 23.9 Å². The zero-order chi connectivity index (χ0) is 37.3. The van der Waals surface area contributed by atoms with Crippen LogP contribution in [0.1, 0.15) is 255 Å². The number of aromatic hydroxyl groups is 1. The summed E-state index contributed by atoms with van der Waals surface area (Å²) in [5.41, 5.74) is 0.0314. The van der Waals surface area contributed by atoms with E-state index in [-0.39, 0.29) is 17.1 Å². The maximum atomic E-state index is 12.3. The Morgan fingerprint density at radius 2 is 0.843 bits per heavy atom. The van der Waals surface area contributed by atoms with Gasteiger partial charge in [-0.15, -0.1) is 9.42 Å². The first kappa shape index (κ1) is 47.7. The molecule has 2 N–H and O–H groups in total. The fourth-order valence-electron chi connectivity index (χ4n) is 7.73. The van der Waals surface area contributed by atoms with E-state index < -0.39 is 13.9 Å². The van der Waals surface area contributed by atoms with E-state index in [0.29, 0.717) is 12.8 Å². The highest BCUT2D eigenvalue weighted by Crippen LogP contribution is 2.44. The van der Waals surface area contributed by atoms with Gasteiger partial charge in [-0.3, -0.25) is 4.79 Å². The average molecular weight is 734 g/mol. The van der Waals surface area contributed by atoms with E-state index >= 15 is 0 Å². The van der Waals surface area contributed by atoms with Crippen LogP contribution in [0.5, 0.6) is 5.75 Å².